The van der Waals surface area contributed by atoms with E-state index >= 15 is 0 Å². The molecule has 0 saturated heterocycles. The number of benzene rings is 1. The second-order valence-electron chi connectivity index (χ2n) is 3.39. The van der Waals surface area contributed by atoms with Gasteiger partial charge in [-0.15, -0.1) is 0 Å². The fourth-order valence-electron chi connectivity index (χ4n) is 1.26. The fraction of sp³-hybridized carbons (Fsp3) is 0.417. The Labute approximate surface area is 104 Å². The molecule has 16 heavy (non-hydrogen) atoms. The van der Waals surface area contributed by atoms with E-state index in [1.165, 1.54) is 0 Å². The average molecular weight is 287 g/mol. The summed E-state index contributed by atoms with van der Waals surface area (Å²) >= 11 is 3.44. The molecule has 0 amide bonds. The first kappa shape index (κ1) is 13.0. The van der Waals surface area contributed by atoms with Crippen LogP contribution < -0.4 is 4.74 Å². The molecule has 0 aliphatic carbocycles. The van der Waals surface area contributed by atoms with Crippen molar-refractivity contribution in [3.8, 4) is 5.75 Å². The van der Waals surface area contributed by atoms with E-state index in [-0.39, 0.29) is 12.6 Å². The van der Waals surface area contributed by atoms with Crippen molar-refractivity contribution in [3.63, 3.8) is 0 Å². The fourth-order valence-corrected chi connectivity index (χ4v) is 1.69. The lowest BCUT2D eigenvalue weighted by atomic mass is 10.1. The van der Waals surface area contributed by atoms with E-state index in [9.17, 15) is 4.79 Å². The van der Waals surface area contributed by atoms with E-state index in [0.717, 1.165) is 15.6 Å². The van der Waals surface area contributed by atoms with Crippen LogP contribution in [0.2, 0.25) is 0 Å². The van der Waals surface area contributed by atoms with Gasteiger partial charge in [0.25, 0.3) is 0 Å². The highest BCUT2D eigenvalue weighted by Gasteiger charge is 2.08. The molecular weight excluding hydrogens is 272 g/mol. The highest BCUT2D eigenvalue weighted by molar-refractivity contribution is 9.10. The lowest BCUT2D eigenvalue weighted by Gasteiger charge is -2.11. The molecule has 88 valence electrons. The van der Waals surface area contributed by atoms with Gasteiger partial charge in [0.2, 0.25) is 0 Å². The second-order valence-corrected chi connectivity index (χ2v) is 4.24. The topological polar surface area (TPSA) is 35.5 Å². The monoisotopic (exact) mass is 286 g/mol. The van der Waals surface area contributed by atoms with Crippen LogP contribution in [0.25, 0.3) is 0 Å². The minimum absolute atomic E-state index is 0.0459. The number of rotatable bonds is 4. The number of hydrogen-bond acceptors (Lipinski definition) is 3. The Bertz CT molecular complexity index is 388. The molecule has 0 bridgehead atoms. The van der Waals surface area contributed by atoms with Crippen molar-refractivity contribution >= 4 is 21.9 Å². The van der Waals surface area contributed by atoms with E-state index in [4.69, 9.17) is 9.47 Å². The number of esters is 1. The summed E-state index contributed by atoms with van der Waals surface area (Å²) in [6.07, 6.45) is 0. The molecule has 0 fully saturated rings. The molecule has 3 nitrogen and oxygen atoms in total. The van der Waals surface area contributed by atoms with E-state index < -0.39 is 0 Å². The second kappa shape index (κ2) is 5.89. The molecule has 4 heteroatoms. The first-order valence-corrected chi connectivity index (χ1v) is 5.89. The van der Waals surface area contributed by atoms with Gasteiger partial charge >= 0.3 is 5.97 Å². The zero-order valence-electron chi connectivity index (χ0n) is 9.67. The van der Waals surface area contributed by atoms with Crippen molar-refractivity contribution in [3.05, 3.63) is 27.7 Å². The van der Waals surface area contributed by atoms with Crippen molar-refractivity contribution in [2.24, 2.45) is 0 Å². The Balaban J connectivity index is 2.68. The van der Waals surface area contributed by atoms with Crippen molar-refractivity contribution in [2.75, 3.05) is 13.2 Å². The summed E-state index contributed by atoms with van der Waals surface area (Å²) in [6, 6.07) is 3.74. The molecule has 0 N–H and O–H groups in total. The van der Waals surface area contributed by atoms with E-state index in [0.29, 0.717) is 12.4 Å². The lowest BCUT2D eigenvalue weighted by Crippen LogP contribution is -2.15. The molecule has 0 unspecified atom stereocenters. The third-order valence-electron chi connectivity index (χ3n) is 2.32. The van der Waals surface area contributed by atoms with Crippen molar-refractivity contribution in [1.29, 1.82) is 0 Å². The van der Waals surface area contributed by atoms with Crippen LogP contribution in [0.15, 0.2) is 16.6 Å². The quantitative estimate of drug-likeness (QED) is 0.799. The summed E-state index contributed by atoms with van der Waals surface area (Å²) < 4.78 is 11.2. The molecule has 0 radical (unpaired) electrons. The first-order valence-electron chi connectivity index (χ1n) is 5.10. The zero-order valence-corrected chi connectivity index (χ0v) is 11.3. The normalized spacial score (nSPS) is 10.0. The smallest absolute Gasteiger partial charge is 0.344 e. The Morgan fingerprint density at radius 1 is 1.31 bits per heavy atom. The van der Waals surface area contributed by atoms with Crippen molar-refractivity contribution in [1.82, 2.24) is 0 Å². The van der Waals surface area contributed by atoms with Gasteiger partial charge in [-0.05, 0) is 44.0 Å². The van der Waals surface area contributed by atoms with Gasteiger partial charge in [0.05, 0.1) is 6.61 Å². The van der Waals surface area contributed by atoms with Crippen LogP contribution in [-0.2, 0) is 9.53 Å². The number of carbonyl (C=O) groups excluding carboxylic acids is 1. The zero-order chi connectivity index (χ0) is 12.1. The molecule has 0 spiro atoms. The van der Waals surface area contributed by atoms with E-state index in [1.807, 2.05) is 26.0 Å². The van der Waals surface area contributed by atoms with Crippen LogP contribution in [-0.4, -0.2) is 19.2 Å². The van der Waals surface area contributed by atoms with Gasteiger partial charge in [-0.2, -0.15) is 0 Å². The van der Waals surface area contributed by atoms with Gasteiger partial charge in [-0.25, -0.2) is 4.79 Å². The van der Waals surface area contributed by atoms with Crippen LogP contribution in [0, 0.1) is 13.8 Å². The van der Waals surface area contributed by atoms with Crippen LogP contribution >= 0.6 is 15.9 Å². The third kappa shape index (κ3) is 3.23. The summed E-state index contributed by atoms with van der Waals surface area (Å²) in [5, 5.41) is 0. The minimum Gasteiger partial charge on any atom is -0.482 e. The molecule has 1 aromatic rings. The predicted octanol–water partition coefficient (Wildman–Crippen LogP) is 3.01. The summed E-state index contributed by atoms with van der Waals surface area (Å²) in [4.78, 5) is 11.1. The Morgan fingerprint density at radius 2 is 2.00 bits per heavy atom. The summed E-state index contributed by atoms with van der Waals surface area (Å²) in [6.45, 7) is 6.06. The van der Waals surface area contributed by atoms with Gasteiger partial charge in [-0.1, -0.05) is 15.9 Å². The number of carbonyl (C=O) groups is 1. The largest absolute Gasteiger partial charge is 0.482 e. The first-order chi connectivity index (χ1) is 7.56. The molecule has 0 atom stereocenters. The molecule has 1 rings (SSSR count). The number of ether oxygens (including phenoxy) is 2. The standard InChI is InChI=1S/C12H15BrO3/c1-4-15-12(14)7-16-11-6-5-10(13)8(2)9(11)3/h5-6H,4,7H2,1-3H3. The maximum Gasteiger partial charge on any atom is 0.344 e. The van der Waals surface area contributed by atoms with E-state index in [1.54, 1.807) is 6.92 Å². The molecule has 0 aromatic heterocycles. The molecule has 0 heterocycles. The summed E-state index contributed by atoms with van der Waals surface area (Å²) in [5.41, 5.74) is 2.14. The third-order valence-corrected chi connectivity index (χ3v) is 3.18. The lowest BCUT2D eigenvalue weighted by molar-refractivity contribution is -0.145. The maximum absolute atomic E-state index is 11.1. The molecule has 0 aliphatic rings. The summed E-state index contributed by atoms with van der Waals surface area (Å²) in [5.74, 6) is 0.372. The van der Waals surface area contributed by atoms with Gasteiger partial charge < -0.3 is 9.47 Å². The Hall–Kier alpha value is -1.03. The maximum atomic E-state index is 11.1. The number of halogens is 1. The highest BCUT2D eigenvalue weighted by atomic mass is 79.9. The Kier molecular flexibility index (Phi) is 4.80. The molecule has 0 saturated carbocycles. The molecule has 1 aromatic carbocycles. The molecular formula is C12H15BrO3. The van der Waals surface area contributed by atoms with Crippen LogP contribution in [0.1, 0.15) is 18.1 Å². The van der Waals surface area contributed by atoms with Crippen molar-refractivity contribution in [2.45, 2.75) is 20.8 Å². The van der Waals surface area contributed by atoms with Gasteiger partial charge in [0.15, 0.2) is 6.61 Å². The van der Waals surface area contributed by atoms with Crippen molar-refractivity contribution < 1.29 is 14.3 Å². The number of hydrogen-bond donors (Lipinski definition) is 0. The Morgan fingerprint density at radius 3 is 2.62 bits per heavy atom. The van der Waals surface area contributed by atoms with Crippen LogP contribution in [0.3, 0.4) is 0 Å². The van der Waals surface area contributed by atoms with Gasteiger partial charge in [0.1, 0.15) is 5.75 Å². The minimum atomic E-state index is -0.345. The van der Waals surface area contributed by atoms with Gasteiger partial charge in [0, 0.05) is 4.47 Å². The SMILES string of the molecule is CCOC(=O)COc1ccc(Br)c(C)c1C. The average Bonchev–Trinajstić information content (AvgIpc) is 2.25. The van der Waals surface area contributed by atoms with Gasteiger partial charge in [-0.3, -0.25) is 0 Å². The highest BCUT2D eigenvalue weighted by Crippen LogP contribution is 2.27. The summed E-state index contributed by atoms with van der Waals surface area (Å²) in [7, 11) is 0. The van der Waals surface area contributed by atoms with E-state index in [2.05, 4.69) is 15.9 Å². The van der Waals surface area contributed by atoms with Crippen LogP contribution in [0.5, 0.6) is 5.75 Å². The molecule has 0 aliphatic heterocycles. The predicted molar refractivity (Wildman–Crippen MR) is 65.7 cm³/mol. The van der Waals surface area contributed by atoms with Crippen LogP contribution in [0.4, 0.5) is 0 Å².